The number of nitrogens with zero attached hydrogens (tertiary/aromatic N) is 1. The number of carbonyl (C=O) groups excluding carboxylic acids is 2. The van der Waals surface area contributed by atoms with Crippen LogP contribution in [0.15, 0.2) is 48.7 Å². The molecule has 0 saturated heterocycles. The number of halogens is 2. The van der Waals surface area contributed by atoms with Crippen LogP contribution in [0.2, 0.25) is 10.0 Å². The van der Waals surface area contributed by atoms with Crippen molar-refractivity contribution in [3.05, 3.63) is 69.8 Å². The van der Waals surface area contributed by atoms with Gasteiger partial charge in [0.05, 0.1) is 21.1 Å². The highest BCUT2D eigenvalue weighted by Gasteiger charge is 2.18. The van der Waals surface area contributed by atoms with Gasteiger partial charge in [0.15, 0.2) is 0 Å². The summed E-state index contributed by atoms with van der Waals surface area (Å²) in [4.78, 5) is 24.2. The van der Waals surface area contributed by atoms with E-state index in [1.165, 1.54) is 16.8 Å². The number of primary amides is 1. The molecule has 2 N–H and O–H groups in total. The van der Waals surface area contributed by atoms with E-state index in [-0.39, 0.29) is 5.91 Å². The smallest absolute Gasteiger partial charge is 0.262 e. The normalized spacial score (nSPS) is 10.8. The van der Waals surface area contributed by atoms with Gasteiger partial charge in [0.2, 0.25) is 0 Å². The quantitative estimate of drug-likeness (QED) is 0.776. The fourth-order valence-electron chi connectivity index (χ4n) is 2.31. The van der Waals surface area contributed by atoms with E-state index in [0.717, 1.165) is 0 Å². The first-order valence-corrected chi connectivity index (χ1v) is 7.14. The first kappa shape index (κ1) is 14.6. The highest BCUT2D eigenvalue weighted by molar-refractivity contribution is 6.42. The highest BCUT2D eigenvalue weighted by atomic mass is 35.5. The van der Waals surface area contributed by atoms with Crippen LogP contribution in [0.4, 0.5) is 0 Å². The minimum Gasteiger partial charge on any atom is -0.366 e. The lowest BCUT2D eigenvalue weighted by molar-refractivity contribution is 0.0965. The van der Waals surface area contributed by atoms with E-state index in [1.807, 2.05) is 0 Å². The summed E-state index contributed by atoms with van der Waals surface area (Å²) in [6.07, 6.45) is 1.44. The molecule has 0 radical (unpaired) electrons. The highest BCUT2D eigenvalue weighted by Crippen LogP contribution is 2.25. The van der Waals surface area contributed by atoms with Crippen LogP contribution in [0.25, 0.3) is 10.9 Å². The standard InChI is InChI=1S/C16H10Cl2N2O2/c17-12-6-5-9(7-13(12)18)16(22)20-8-11(15(19)21)10-3-1-2-4-14(10)20/h1-8H,(H2,19,21). The van der Waals surface area contributed by atoms with E-state index in [1.54, 1.807) is 36.4 Å². The molecule has 2 aromatic carbocycles. The summed E-state index contributed by atoms with van der Waals surface area (Å²) in [6, 6.07) is 11.7. The monoisotopic (exact) mass is 332 g/mol. The largest absolute Gasteiger partial charge is 0.366 e. The van der Waals surface area contributed by atoms with E-state index in [0.29, 0.717) is 32.1 Å². The van der Waals surface area contributed by atoms with Crippen LogP contribution in [-0.4, -0.2) is 16.4 Å². The fraction of sp³-hybridized carbons (Fsp3) is 0. The van der Waals surface area contributed by atoms with Gasteiger partial charge >= 0.3 is 0 Å². The molecule has 0 saturated carbocycles. The van der Waals surface area contributed by atoms with Crippen LogP contribution in [-0.2, 0) is 0 Å². The van der Waals surface area contributed by atoms with Crippen LogP contribution in [0.1, 0.15) is 20.7 Å². The molecule has 1 amide bonds. The molecule has 1 aromatic heterocycles. The van der Waals surface area contributed by atoms with Crippen LogP contribution in [0.5, 0.6) is 0 Å². The van der Waals surface area contributed by atoms with E-state index < -0.39 is 5.91 Å². The van der Waals surface area contributed by atoms with Gasteiger partial charge in [0, 0.05) is 17.1 Å². The van der Waals surface area contributed by atoms with E-state index >= 15 is 0 Å². The Bertz CT molecular complexity index is 916. The molecule has 0 aliphatic rings. The fourth-order valence-corrected chi connectivity index (χ4v) is 2.61. The van der Waals surface area contributed by atoms with Crippen molar-refractivity contribution in [3.63, 3.8) is 0 Å². The maximum Gasteiger partial charge on any atom is 0.262 e. The molecule has 110 valence electrons. The van der Waals surface area contributed by atoms with E-state index in [4.69, 9.17) is 28.9 Å². The number of nitrogens with two attached hydrogens (primary N) is 1. The topological polar surface area (TPSA) is 65.1 Å². The summed E-state index contributed by atoms with van der Waals surface area (Å²) < 4.78 is 1.38. The molecular formula is C16H10Cl2N2O2. The van der Waals surface area contributed by atoms with Gasteiger partial charge in [-0.2, -0.15) is 0 Å². The molecule has 1 heterocycles. The minimum absolute atomic E-state index is 0.291. The van der Waals surface area contributed by atoms with Crippen molar-refractivity contribution in [3.8, 4) is 0 Å². The Hall–Kier alpha value is -2.30. The van der Waals surface area contributed by atoms with Crippen LogP contribution < -0.4 is 5.73 Å². The molecule has 0 atom stereocenters. The number of fused-ring (bicyclic) bond motifs is 1. The number of aromatic nitrogens is 1. The molecule has 22 heavy (non-hydrogen) atoms. The first-order valence-electron chi connectivity index (χ1n) is 6.38. The SMILES string of the molecule is NC(=O)c1cn(C(=O)c2ccc(Cl)c(Cl)c2)c2ccccc12. The predicted molar refractivity (Wildman–Crippen MR) is 86.6 cm³/mol. The second-order valence-electron chi connectivity index (χ2n) is 4.73. The maximum atomic E-state index is 12.7. The molecule has 0 unspecified atom stereocenters. The number of hydrogen-bond donors (Lipinski definition) is 1. The Kier molecular flexibility index (Phi) is 3.64. The Morgan fingerprint density at radius 1 is 1.00 bits per heavy atom. The summed E-state index contributed by atoms with van der Waals surface area (Å²) in [5.74, 6) is -0.904. The average Bonchev–Trinajstić information content (AvgIpc) is 2.89. The number of carbonyl (C=O) groups is 2. The third-order valence-corrected chi connectivity index (χ3v) is 4.10. The molecule has 6 heteroatoms. The Morgan fingerprint density at radius 2 is 1.73 bits per heavy atom. The zero-order chi connectivity index (χ0) is 15.9. The van der Waals surface area contributed by atoms with Crippen molar-refractivity contribution < 1.29 is 9.59 Å². The van der Waals surface area contributed by atoms with Crippen LogP contribution in [0, 0.1) is 0 Å². The molecule has 4 nitrogen and oxygen atoms in total. The van der Waals surface area contributed by atoms with Gasteiger partial charge in [0.1, 0.15) is 0 Å². The van der Waals surface area contributed by atoms with Crippen LogP contribution in [0.3, 0.4) is 0 Å². The van der Waals surface area contributed by atoms with E-state index in [2.05, 4.69) is 0 Å². The van der Waals surface area contributed by atoms with Gasteiger partial charge in [-0.1, -0.05) is 41.4 Å². The number of amides is 1. The maximum absolute atomic E-state index is 12.7. The molecule has 0 aliphatic carbocycles. The average molecular weight is 333 g/mol. The lowest BCUT2D eigenvalue weighted by Gasteiger charge is -2.05. The van der Waals surface area contributed by atoms with Crippen molar-refractivity contribution in [1.29, 1.82) is 0 Å². The summed E-state index contributed by atoms with van der Waals surface area (Å²) in [7, 11) is 0. The number of para-hydroxylation sites is 1. The number of benzene rings is 2. The molecule has 3 aromatic rings. The van der Waals surface area contributed by atoms with Gasteiger partial charge in [-0.25, -0.2) is 0 Å². The third-order valence-electron chi connectivity index (χ3n) is 3.36. The molecular weight excluding hydrogens is 323 g/mol. The van der Waals surface area contributed by atoms with Crippen molar-refractivity contribution >= 4 is 45.9 Å². The van der Waals surface area contributed by atoms with Gasteiger partial charge in [-0.15, -0.1) is 0 Å². The number of rotatable bonds is 2. The van der Waals surface area contributed by atoms with E-state index in [9.17, 15) is 9.59 Å². The first-order chi connectivity index (χ1) is 10.5. The Labute approximate surface area is 136 Å². The zero-order valence-corrected chi connectivity index (χ0v) is 12.7. The summed E-state index contributed by atoms with van der Waals surface area (Å²) in [6.45, 7) is 0. The van der Waals surface area contributed by atoms with Crippen molar-refractivity contribution in [1.82, 2.24) is 4.57 Å². The van der Waals surface area contributed by atoms with Gasteiger partial charge in [0.25, 0.3) is 11.8 Å². The molecule has 0 bridgehead atoms. The van der Waals surface area contributed by atoms with Crippen molar-refractivity contribution in [2.45, 2.75) is 0 Å². The summed E-state index contributed by atoms with van der Waals surface area (Å²) in [5.41, 5.74) is 6.64. The zero-order valence-electron chi connectivity index (χ0n) is 11.2. The van der Waals surface area contributed by atoms with Crippen molar-refractivity contribution in [2.75, 3.05) is 0 Å². The molecule has 3 rings (SSSR count). The molecule has 0 aliphatic heterocycles. The second kappa shape index (κ2) is 5.48. The lowest BCUT2D eigenvalue weighted by atomic mass is 10.2. The second-order valence-corrected chi connectivity index (χ2v) is 5.54. The summed E-state index contributed by atoms with van der Waals surface area (Å²) in [5, 5.41) is 1.29. The van der Waals surface area contributed by atoms with Gasteiger partial charge in [-0.3, -0.25) is 14.2 Å². The van der Waals surface area contributed by atoms with Crippen molar-refractivity contribution in [2.24, 2.45) is 5.73 Å². The number of hydrogen-bond acceptors (Lipinski definition) is 2. The molecule has 0 spiro atoms. The minimum atomic E-state index is -0.586. The Morgan fingerprint density at radius 3 is 2.41 bits per heavy atom. The molecule has 0 fully saturated rings. The predicted octanol–water partition coefficient (Wildman–Crippen LogP) is 3.74. The lowest BCUT2D eigenvalue weighted by Crippen LogP contribution is -2.12. The van der Waals surface area contributed by atoms with Gasteiger partial charge < -0.3 is 5.73 Å². The van der Waals surface area contributed by atoms with Gasteiger partial charge in [-0.05, 0) is 24.3 Å². The summed E-state index contributed by atoms with van der Waals surface area (Å²) >= 11 is 11.8. The third kappa shape index (κ3) is 2.36. The Balaban J connectivity index is 2.19. The van der Waals surface area contributed by atoms with Crippen LogP contribution >= 0.6 is 23.2 Å².